The zero-order valence-corrected chi connectivity index (χ0v) is 17.5. The molecule has 0 bridgehead atoms. The van der Waals surface area contributed by atoms with Crippen LogP contribution in [0.2, 0.25) is 0 Å². The Kier molecular flexibility index (Phi) is 5.85. The van der Waals surface area contributed by atoms with E-state index in [2.05, 4.69) is 4.72 Å². The van der Waals surface area contributed by atoms with Gasteiger partial charge in [-0.05, 0) is 61.7 Å². The van der Waals surface area contributed by atoms with E-state index in [1.54, 1.807) is 37.3 Å². The number of ether oxygens (including phenoxy) is 1. The number of benzene rings is 2. The van der Waals surface area contributed by atoms with Crippen molar-refractivity contribution in [1.29, 1.82) is 0 Å². The van der Waals surface area contributed by atoms with Gasteiger partial charge in [-0.1, -0.05) is 13.0 Å². The molecule has 1 N–H and O–H groups in total. The van der Waals surface area contributed by atoms with E-state index in [9.17, 15) is 16.8 Å². The Labute approximate surface area is 166 Å². The van der Waals surface area contributed by atoms with Gasteiger partial charge >= 0.3 is 0 Å². The van der Waals surface area contributed by atoms with Gasteiger partial charge < -0.3 is 4.74 Å². The van der Waals surface area contributed by atoms with Crippen LogP contribution < -0.4 is 13.8 Å². The van der Waals surface area contributed by atoms with Crippen molar-refractivity contribution in [2.75, 3.05) is 27.9 Å². The maximum absolute atomic E-state index is 12.8. The minimum atomic E-state index is -3.82. The molecule has 0 aromatic heterocycles. The number of aryl methyl sites for hydroxylation is 1. The van der Waals surface area contributed by atoms with Gasteiger partial charge in [0.15, 0.2) is 0 Å². The maximum atomic E-state index is 12.8. The quantitative estimate of drug-likeness (QED) is 0.737. The molecule has 28 heavy (non-hydrogen) atoms. The topological polar surface area (TPSA) is 92.8 Å². The molecule has 0 saturated carbocycles. The van der Waals surface area contributed by atoms with Crippen molar-refractivity contribution in [3.05, 3.63) is 48.0 Å². The van der Waals surface area contributed by atoms with E-state index in [1.165, 1.54) is 16.4 Å². The third-order valence-electron chi connectivity index (χ3n) is 4.40. The first-order valence-electron chi connectivity index (χ1n) is 9.10. The summed E-state index contributed by atoms with van der Waals surface area (Å²) >= 11 is 0. The van der Waals surface area contributed by atoms with Gasteiger partial charge in [-0.2, -0.15) is 0 Å². The maximum Gasteiger partial charge on any atom is 0.261 e. The predicted molar refractivity (Wildman–Crippen MR) is 110 cm³/mol. The standard InChI is InChI=1S/C19H24N2O5S2/c1-3-11-26-19-9-8-18(13-15(19)2)28(24,25)20-16-6-4-7-17(14-16)21-10-5-12-27(21,22)23/h4,6-9,13-14,20H,3,5,10-12H2,1-2H3. The SMILES string of the molecule is CCCOc1ccc(S(=O)(=O)Nc2cccc(N3CCCS3(=O)=O)c2)cc1C. The van der Waals surface area contributed by atoms with Crippen LogP contribution in [0.5, 0.6) is 5.75 Å². The fraction of sp³-hybridized carbons (Fsp3) is 0.368. The molecule has 9 heteroatoms. The van der Waals surface area contributed by atoms with Gasteiger partial charge in [0.05, 0.1) is 28.6 Å². The average Bonchev–Trinajstić information content (AvgIpc) is 2.99. The summed E-state index contributed by atoms with van der Waals surface area (Å²) in [6, 6.07) is 11.1. The largest absolute Gasteiger partial charge is 0.493 e. The van der Waals surface area contributed by atoms with Gasteiger partial charge in [0.1, 0.15) is 5.75 Å². The summed E-state index contributed by atoms with van der Waals surface area (Å²) in [6.45, 7) is 4.76. The number of nitrogens with one attached hydrogen (secondary N) is 1. The lowest BCUT2D eigenvalue weighted by Gasteiger charge is -2.18. The summed E-state index contributed by atoms with van der Waals surface area (Å²) in [5.41, 5.74) is 1.49. The van der Waals surface area contributed by atoms with Gasteiger partial charge in [0.25, 0.3) is 10.0 Å². The summed E-state index contributed by atoms with van der Waals surface area (Å²) < 4.78 is 59.1. The highest BCUT2D eigenvalue weighted by atomic mass is 32.2. The molecule has 2 aromatic rings. The molecule has 1 fully saturated rings. The van der Waals surface area contributed by atoms with Gasteiger partial charge in [-0.15, -0.1) is 0 Å². The number of nitrogens with zero attached hydrogens (tertiary/aromatic N) is 1. The molecule has 1 saturated heterocycles. The summed E-state index contributed by atoms with van der Waals surface area (Å²) in [5.74, 6) is 0.761. The summed E-state index contributed by atoms with van der Waals surface area (Å²) in [6.07, 6.45) is 1.42. The lowest BCUT2D eigenvalue weighted by atomic mass is 10.2. The molecule has 0 radical (unpaired) electrons. The summed E-state index contributed by atoms with van der Waals surface area (Å²) in [4.78, 5) is 0.119. The monoisotopic (exact) mass is 424 g/mol. The highest BCUT2D eigenvalue weighted by Gasteiger charge is 2.28. The van der Waals surface area contributed by atoms with Crippen molar-refractivity contribution in [2.45, 2.75) is 31.6 Å². The van der Waals surface area contributed by atoms with Crippen molar-refractivity contribution in [3.8, 4) is 5.75 Å². The van der Waals surface area contributed by atoms with Crippen LogP contribution in [0.4, 0.5) is 11.4 Å². The van der Waals surface area contributed by atoms with Crippen molar-refractivity contribution in [1.82, 2.24) is 0 Å². The van der Waals surface area contributed by atoms with E-state index in [0.717, 1.165) is 12.0 Å². The molecule has 1 heterocycles. The Morgan fingerprint density at radius 1 is 1.18 bits per heavy atom. The van der Waals surface area contributed by atoms with Crippen LogP contribution in [0.3, 0.4) is 0 Å². The van der Waals surface area contributed by atoms with Crippen LogP contribution in [-0.4, -0.2) is 35.7 Å². The number of hydrogen-bond acceptors (Lipinski definition) is 5. The molecular formula is C19H24N2O5S2. The van der Waals surface area contributed by atoms with Crippen LogP contribution in [-0.2, 0) is 20.0 Å². The first kappa shape index (κ1) is 20.5. The van der Waals surface area contributed by atoms with Crippen LogP contribution in [0.25, 0.3) is 0 Å². The van der Waals surface area contributed by atoms with Crippen LogP contribution in [0, 0.1) is 6.92 Å². The smallest absolute Gasteiger partial charge is 0.261 e. The highest BCUT2D eigenvalue weighted by Crippen LogP contribution is 2.28. The first-order chi connectivity index (χ1) is 13.2. The van der Waals surface area contributed by atoms with E-state index in [4.69, 9.17) is 4.74 Å². The minimum Gasteiger partial charge on any atom is -0.493 e. The third-order valence-corrected chi connectivity index (χ3v) is 7.65. The Morgan fingerprint density at radius 2 is 1.96 bits per heavy atom. The Hall–Kier alpha value is -2.26. The van der Waals surface area contributed by atoms with Crippen LogP contribution >= 0.6 is 0 Å². The molecule has 0 unspecified atom stereocenters. The zero-order chi connectivity index (χ0) is 20.4. The average molecular weight is 425 g/mol. The molecule has 152 valence electrons. The Bertz CT molecular complexity index is 1070. The minimum absolute atomic E-state index is 0.106. The normalized spacial score (nSPS) is 16.1. The lowest BCUT2D eigenvalue weighted by Crippen LogP contribution is -2.25. The van der Waals surface area contributed by atoms with E-state index >= 15 is 0 Å². The van der Waals surface area contributed by atoms with E-state index in [-0.39, 0.29) is 10.6 Å². The van der Waals surface area contributed by atoms with E-state index in [1.807, 2.05) is 6.92 Å². The first-order valence-corrected chi connectivity index (χ1v) is 12.2. The number of hydrogen-bond donors (Lipinski definition) is 1. The van der Waals surface area contributed by atoms with Crippen LogP contribution in [0.1, 0.15) is 25.3 Å². The lowest BCUT2D eigenvalue weighted by molar-refractivity contribution is 0.315. The molecule has 0 aliphatic carbocycles. The summed E-state index contributed by atoms with van der Waals surface area (Å²) in [7, 11) is -7.14. The second kappa shape index (κ2) is 8.00. The fourth-order valence-corrected chi connectivity index (χ4v) is 5.72. The van der Waals surface area contributed by atoms with Crippen molar-refractivity contribution in [2.24, 2.45) is 0 Å². The Balaban J connectivity index is 1.83. The third kappa shape index (κ3) is 4.41. The van der Waals surface area contributed by atoms with E-state index < -0.39 is 20.0 Å². The molecule has 0 amide bonds. The van der Waals surface area contributed by atoms with Gasteiger partial charge in [-0.3, -0.25) is 9.03 Å². The van der Waals surface area contributed by atoms with Crippen molar-refractivity contribution < 1.29 is 21.6 Å². The molecule has 3 rings (SSSR count). The van der Waals surface area contributed by atoms with Crippen molar-refractivity contribution >= 4 is 31.4 Å². The molecule has 1 aliphatic rings. The fourth-order valence-electron chi connectivity index (χ4n) is 3.03. The Morgan fingerprint density at radius 3 is 2.61 bits per heavy atom. The van der Waals surface area contributed by atoms with E-state index in [0.29, 0.717) is 36.7 Å². The number of sulfonamides is 2. The van der Waals surface area contributed by atoms with Gasteiger partial charge in [-0.25, -0.2) is 16.8 Å². The molecular weight excluding hydrogens is 400 g/mol. The molecule has 7 nitrogen and oxygen atoms in total. The number of rotatable bonds is 7. The van der Waals surface area contributed by atoms with Gasteiger partial charge in [0.2, 0.25) is 10.0 Å². The van der Waals surface area contributed by atoms with Gasteiger partial charge in [0, 0.05) is 6.54 Å². The molecule has 0 atom stereocenters. The molecule has 0 spiro atoms. The summed E-state index contributed by atoms with van der Waals surface area (Å²) in [5, 5.41) is 0. The molecule has 1 aliphatic heterocycles. The highest BCUT2D eigenvalue weighted by molar-refractivity contribution is 7.93. The van der Waals surface area contributed by atoms with Crippen LogP contribution in [0.15, 0.2) is 47.4 Å². The number of anilines is 2. The zero-order valence-electron chi connectivity index (χ0n) is 15.9. The molecule has 2 aromatic carbocycles. The van der Waals surface area contributed by atoms with Crippen molar-refractivity contribution in [3.63, 3.8) is 0 Å². The second-order valence-electron chi connectivity index (χ2n) is 6.67. The predicted octanol–water partition coefficient (Wildman–Crippen LogP) is 3.12. The second-order valence-corrected chi connectivity index (χ2v) is 10.4.